The van der Waals surface area contributed by atoms with Gasteiger partial charge in [0.05, 0.1) is 14.2 Å². The van der Waals surface area contributed by atoms with Crippen LogP contribution in [0.5, 0.6) is 17.2 Å². The number of nitrogens with one attached hydrogen (secondary N) is 3. The van der Waals surface area contributed by atoms with Crippen LogP contribution in [0.15, 0.2) is 42.5 Å². The van der Waals surface area contributed by atoms with Crippen molar-refractivity contribution in [2.75, 3.05) is 20.8 Å². The zero-order valence-electron chi connectivity index (χ0n) is 16.0. The van der Waals surface area contributed by atoms with Gasteiger partial charge in [0.25, 0.3) is 5.91 Å². The van der Waals surface area contributed by atoms with Gasteiger partial charge in [-0.2, -0.15) is 0 Å². The van der Waals surface area contributed by atoms with Crippen molar-refractivity contribution in [1.82, 2.24) is 16.2 Å². The normalized spacial score (nSPS) is 21.2. The molecule has 0 radical (unpaired) electrons. The molecule has 1 amide bonds. The molecule has 0 aliphatic carbocycles. The van der Waals surface area contributed by atoms with Gasteiger partial charge in [-0.25, -0.2) is 5.43 Å². The van der Waals surface area contributed by atoms with Crippen molar-refractivity contribution >= 4 is 17.5 Å². The van der Waals surface area contributed by atoms with Crippen LogP contribution in [0.3, 0.4) is 0 Å². The Hall–Kier alpha value is -2.48. The monoisotopic (exact) mass is 405 g/mol. The maximum absolute atomic E-state index is 12.4. The molecule has 0 bridgehead atoms. The SMILES string of the molecule is COc1ccc(C2C(C)NNC2NC(=O)COc2ccc(Cl)cc2)cc1OC. The number of methoxy groups -OCH3 is 2. The van der Waals surface area contributed by atoms with Gasteiger partial charge < -0.3 is 19.5 Å². The minimum absolute atomic E-state index is 0.000659. The molecule has 0 saturated carbocycles. The van der Waals surface area contributed by atoms with Crippen molar-refractivity contribution in [2.45, 2.75) is 25.0 Å². The number of benzene rings is 2. The topological polar surface area (TPSA) is 80.9 Å². The van der Waals surface area contributed by atoms with E-state index in [-0.39, 0.29) is 30.6 Å². The molecule has 150 valence electrons. The first kappa shape index (κ1) is 20.3. The van der Waals surface area contributed by atoms with Crippen LogP contribution in [-0.2, 0) is 4.79 Å². The second-order valence-corrected chi connectivity index (χ2v) is 6.94. The van der Waals surface area contributed by atoms with E-state index in [1.807, 2.05) is 25.1 Å². The van der Waals surface area contributed by atoms with Gasteiger partial charge >= 0.3 is 0 Å². The molecule has 7 nitrogen and oxygen atoms in total. The number of carbonyl (C=O) groups is 1. The Balaban J connectivity index is 1.65. The fourth-order valence-electron chi connectivity index (χ4n) is 3.25. The van der Waals surface area contributed by atoms with Crippen molar-refractivity contribution in [2.24, 2.45) is 0 Å². The summed E-state index contributed by atoms with van der Waals surface area (Å²) >= 11 is 5.85. The van der Waals surface area contributed by atoms with Crippen LogP contribution in [0.4, 0.5) is 0 Å². The van der Waals surface area contributed by atoms with Crippen LogP contribution >= 0.6 is 11.6 Å². The maximum Gasteiger partial charge on any atom is 0.259 e. The molecule has 2 aromatic carbocycles. The fourth-order valence-corrected chi connectivity index (χ4v) is 3.38. The second kappa shape index (κ2) is 9.14. The van der Waals surface area contributed by atoms with Crippen molar-refractivity contribution in [3.8, 4) is 17.2 Å². The summed E-state index contributed by atoms with van der Waals surface area (Å²) in [6.45, 7) is 1.96. The van der Waals surface area contributed by atoms with Gasteiger partial charge in [-0.15, -0.1) is 0 Å². The number of halogens is 1. The molecule has 8 heteroatoms. The number of hydrogen-bond acceptors (Lipinski definition) is 6. The largest absolute Gasteiger partial charge is 0.493 e. The van der Waals surface area contributed by atoms with E-state index < -0.39 is 0 Å². The van der Waals surface area contributed by atoms with Gasteiger partial charge in [-0.1, -0.05) is 17.7 Å². The Labute approximate surface area is 169 Å². The number of hydrazine groups is 1. The third-order valence-corrected chi connectivity index (χ3v) is 4.91. The molecule has 28 heavy (non-hydrogen) atoms. The van der Waals surface area contributed by atoms with Gasteiger partial charge in [0, 0.05) is 17.0 Å². The van der Waals surface area contributed by atoms with E-state index in [4.69, 9.17) is 25.8 Å². The quantitative estimate of drug-likeness (QED) is 0.656. The van der Waals surface area contributed by atoms with Crippen LogP contribution in [0.1, 0.15) is 18.4 Å². The highest BCUT2D eigenvalue weighted by Crippen LogP contribution is 2.34. The van der Waals surface area contributed by atoms with E-state index in [1.54, 1.807) is 38.5 Å². The van der Waals surface area contributed by atoms with Crippen molar-refractivity contribution in [3.63, 3.8) is 0 Å². The van der Waals surface area contributed by atoms with Gasteiger partial charge in [0.1, 0.15) is 11.9 Å². The summed E-state index contributed by atoms with van der Waals surface area (Å²) in [6, 6.07) is 12.7. The molecule has 1 aliphatic heterocycles. The molecule has 0 aromatic heterocycles. The standard InChI is InChI=1S/C20H24ClN3O4/c1-12-19(13-4-9-16(26-2)17(10-13)27-3)20(24-23-12)22-18(25)11-28-15-7-5-14(21)6-8-15/h4-10,12,19-20,23-24H,11H2,1-3H3,(H,22,25). The minimum Gasteiger partial charge on any atom is -0.493 e. The molecule has 1 aliphatic rings. The van der Waals surface area contributed by atoms with Crippen LogP contribution in [-0.4, -0.2) is 38.9 Å². The molecule has 3 N–H and O–H groups in total. The molecule has 3 rings (SSSR count). The Morgan fingerprint density at radius 3 is 2.46 bits per heavy atom. The Morgan fingerprint density at radius 1 is 1.07 bits per heavy atom. The molecule has 3 unspecified atom stereocenters. The van der Waals surface area contributed by atoms with Crippen LogP contribution < -0.4 is 30.4 Å². The summed E-state index contributed by atoms with van der Waals surface area (Å²) in [6.07, 6.45) is -0.297. The summed E-state index contributed by atoms with van der Waals surface area (Å²) in [5, 5.41) is 3.59. The number of amides is 1. The molecule has 1 heterocycles. The Kier molecular flexibility index (Phi) is 6.61. The van der Waals surface area contributed by atoms with Crippen LogP contribution in [0.2, 0.25) is 5.02 Å². The molecular weight excluding hydrogens is 382 g/mol. The van der Waals surface area contributed by atoms with E-state index in [2.05, 4.69) is 16.2 Å². The van der Waals surface area contributed by atoms with Crippen molar-refractivity contribution in [3.05, 3.63) is 53.1 Å². The number of ether oxygens (including phenoxy) is 3. The van der Waals surface area contributed by atoms with E-state index in [0.717, 1.165) is 5.56 Å². The zero-order chi connectivity index (χ0) is 20.1. The van der Waals surface area contributed by atoms with Crippen LogP contribution in [0.25, 0.3) is 0 Å². The summed E-state index contributed by atoms with van der Waals surface area (Å²) < 4.78 is 16.2. The van der Waals surface area contributed by atoms with E-state index in [9.17, 15) is 4.79 Å². The van der Waals surface area contributed by atoms with Gasteiger partial charge in [-0.3, -0.25) is 10.2 Å². The van der Waals surface area contributed by atoms with Crippen LogP contribution in [0, 0.1) is 0 Å². The Morgan fingerprint density at radius 2 is 1.79 bits per heavy atom. The predicted octanol–water partition coefficient (Wildman–Crippen LogP) is 2.46. The summed E-state index contributed by atoms with van der Waals surface area (Å²) in [5.74, 6) is 1.67. The number of hydrogen-bond donors (Lipinski definition) is 3. The first-order chi connectivity index (χ1) is 13.5. The lowest BCUT2D eigenvalue weighted by atomic mass is 9.91. The maximum atomic E-state index is 12.4. The minimum atomic E-state index is -0.297. The summed E-state index contributed by atoms with van der Waals surface area (Å²) in [7, 11) is 3.20. The summed E-state index contributed by atoms with van der Waals surface area (Å²) in [5.41, 5.74) is 7.33. The molecular formula is C20H24ClN3O4. The highest BCUT2D eigenvalue weighted by Gasteiger charge is 2.35. The lowest BCUT2D eigenvalue weighted by Crippen LogP contribution is -2.47. The molecule has 3 atom stereocenters. The lowest BCUT2D eigenvalue weighted by Gasteiger charge is -2.23. The first-order valence-corrected chi connectivity index (χ1v) is 9.30. The van der Waals surface area contributed by atoms with Gasteiger partial charge in [0.2, 0.25) is 0 Å². The number of rotatable bonds is 7. The smallest absolute Gasteiger partial charge is 0.259 e. The molecule has 2 aromatic rings. The molecule has 1 fully saturated rings. The van der Waals surface area contributed by atoms with E-state index >= 15 is 0 Å². The molecule has 0 spiro atoms. The summed E-state index contributed by atoms with van der Waals surface area (Å²) in [4.78, 5) is 12.4. The van der Waals surface area contributed by atoms with Crippen molar-refractivity contribution < 1.29 is 19.0 Å². The lowest BCUT2D eigenvalue weighted by molar-refractivity contribution is -0.124. The molecule has 1 saturated heterocycles. The highest BCUT2D eigenvalue weighted by atomic mass is 35.5. The first-order valence-electron chi connectivity index (χ1n) is 8.92. The second-order valence-electron chi connectivity index (χ2n) is 6.51. The third kappa shape index (κ3) is 4.67. The predicted molar refractivity (Wildman–Crippen MR) is 107 cm³/mol. The van der Waals surface area contributed by atoms with E-state index in [1.165, 1.54) is 0 Å². The van der Waals surface area contributed by atoms with Gasteiger partial charge in [-0.05, 0) is 48.9 Å². The fraction of sp³-hybridized carbons (Fsp3) is 0.350. The van der Waals surface area contributed by atoms with Gasteiger partial charge in [0.15, 0.2) is 18.1 Å². The van der Waals surface area contributed by atoms with E-state index in [0.29, 0.717) is 22.3 Å². The third-order valence-electron chi connectivity index (χ3n) is 4.66. The number of carbonyl (C=O) groups excluding carboxylic acids is 1. The highest BCUT2D eigenvalue weighted by molar-refractivity contribution is 6.30. The Bertz CT molecular complexity index is 816. The average molecular weight is 406 g/mol. The zero-order valence-corrected chi connectivity index (χ0v) is 16.7. The van der Waals surface area contributed by atoms with Crippen molar-refractivity contribution in [1.29, 1.82) is 0 Å². The average Bonchev–Trinajstić information content (AvgIpc) is 3.07.